The third kappa shape index (κ3) is 5.07. The number of hydrogen-bond acceptors (Lipinski definition) is 6. The Hall–Kier alpha value is -1.73. The van der Waals surface area contributed by atoms with Crippen LogP contribution >= 0.6 is 11.6 Å². The molecule has 156 valence electrons. The molecule has 7 heteroatoms. The maximum Gasteiger partial charge on any atom is 0.184 e. The maximum absolute atomic E-state index is 6.12. The molecule has 2 saturated heterocycles. The zero-order valence-corrected chi connectivity index (χ0v) is 18.1. The van der Waals surface area contributed by atoms with Crippen LogP contribution in [0.2, 0.25) is 5.02 Å². The molecule has 0 bridgehead atoms. The van der Waals surface area contributed by atoms with Gasteiger partial charge in [0.15, 0.2) is 6.29 Å². The molecule has 0 N–H and O–H groups in total. The van der Waals surface area contributed by atoms with Crippen LogP contribution in [0.5, 0.6) is 0 Å². The van der Waals surface area contributed by atoms with Gasteiger partial charge in [-0.3, -0.25) is 4.90 Å². The van der Waals surface area contributed by atoms with E-state index in [1.807, 2.05) is 31.2 Å². The minimum absolute atomic E-state index is 0.0936. The molecule has 1 aromatic heterocycles. The number of hydrogen-bond donors (Lipinski definition) is 0. The fourth-order valence-corrected chi connectivity index (χ4v) is 3.91. The minimum Gasteiger partial charge on any atom is -0.354 e. The van der Waals surface area contributed by atoms with Crippen molar-refractivity contribution in [3.8, 4) is 0 Å². The van der Waals surface area contributed by atoms with Crippen LogP contribution in [-0.2, 0) is 9.47 Å². The lowest BCUT2D eigenvalue weighted by Gasteiger charge is -2.36. The summed E-state index contributed by atoms with van der Waals surface area (Å²) in [5.41, 5.74) is 2.05. The van der Waals surface area contributed by atoms with Gasteiger partial charge in [0.1, 0.15) is 11.6 Å². The molecule has 2 fully saturated rings. The van der Waals surface area contributed by atoms with Gasteiger partial charge < -0.3 is 14.4 Å². The highest BCUT2D eigenvalue weighted by Crippen LogP contribution is 2.28. The number of ether oxygens (including phenoxy) is 2. The summed E-state index contributed by atoms with van der Waals surface area (Å²) >= 11 is 5.96. The Kier molecular flexibility index (Phi) is 6.35. The van der Waals surface area contributed by atoms with Gasteiger partial charge in [-0.15, -0.1) is 0 Å². The zero-order valence-electron chi connectivity index (χ0n) is 17.3. The lowest BCUT2D eigenvalue weighted by atomic mass is 10.2. The summed E-state index contributed by atoms with van der Waals surface area (Å²) in [6.07, 6.45) is -0.201. The predicted octanol–water partition coefficient (Wildman–Crippen LogP) is 3.80. The van der Waals surface area contributed by atoms with Crippen molar-refractivity contribution in [2.24, 2.45) is 0 Å². The fraction of sp³-hybridized carbons (Fsp3) is 0.545. The number of aromatic nitrogens is 2. The first-order valence-corrected chi connectivity index (χ1v) is 10.7. The standard InChI is InChI=1S/C22H29ClN4O2/c1-15(2)21-24-16(3)12-20(25-21)27-10-8-26(9-11-27)13-19-14-28-22(29-19)17-4-6-18(23)7-5-17/h4-7,12,15,19,22H,8-11,13-14H2,1-3H3. The van der Waals surface area contributed by atoms with Crippen molar-refractivity contribution in [1.29, 1.82) is 0 Å². The van der Waals surface area contributed by atoms with E-state index in [9.17, 15) is 0 Å². The van der Waals surface area contributed by atoms with Crippen LogP contribution in [0.1, 0.15) is 43.1 Å². The van der Waals surface area contributed by atoms with Crippen LogP contribution in [0.3, 0.4) is 0 Å². The van der Waals surface area contributed by atoms with Gasteiger partial charge in [-0.05, 0) is 19.1 Å². The van der Waals surface area contributed by atoms with Crippen LogP contribution in [0.15, 0.2) is 30.3 Å². The third-order valence-corrected chi connectivity index (χ3v) is 5.68. The maximum atomic E-state index is 6.12. The normalized spacial score (nSPS) is 23.1. The van der Waals surface area contributed by atoms with Gasteiger partial charge in [0.2, 0.25) is 0 Å². The predicted molar refractivity (Wildman–Crippen MR) is 115 cm³/mol. The van der Waals surface area contributed by atoms with Crippen molar-refractivity contribution in [3.63, 3.8) is 0 Å². The first kappa shape index (κ1) is 20.5. The van der Waals surface area contributed by atoms with Crippen LogP contribution < -0.4 is 4.90 Å². The average Bonchev–Trinajstić information content (AvgIpc) is 3.17. The highest BCUT2D eigenvalue weighted by atomic mass is 35.5. The van der Waals surface area contributed by atoms with Crippen molar-refractivity contribution in [2.75, 3.05) is 44.2 Å². The molecule has 0 aliphatic carbocycles. The van der Waals surface area contributed by atoms with Gasteiger partial charge in [-0.2, -0.15) is 0 Å². The Morgan fingerprint density at radius 1 is 1.10 bits per heavy atom. The second kappa shape index (κ2) is 8.96. The van der Waals surface area contributed by atoms with Crippen LogP contribution in [-0.4, -0.2) is 60.3 Å². The monoisotopic (exact) mass is 416 g/mol. The number of halogens is 1. The summed E-state index contributed by atoms with van der Waals surface area (Å²) in [7, 11) is 0. The van der Waals surface area contributed by atoms with E-state index >= 15 is 0 Å². The van der Waals surface area contributed by atoms with Crippen molar-refractivity contribution in [3.05, 3.63) is 52.4 Å². The number of piperazine rings is 1. The van der Waals surface area contributed by atoms with Gasteiger partial charge in [0, 0.05) is 61.0 Å². The third-order valence-electron chi connectivity index (χ3n) is 5.42. The first-order chi connectivity index (χ1) is 14.0. The van der Waals surface area contributed by atoms with E-state index in [0.717, 1.165) is 60.6 Å². The second-order valence-corrected chi connectivity index (χ2v) is 8.58. The second-order valence-electron chi connectivity index (χ2n) is 8.14. The van der Waals surface area contributed by atoms with Crippen LogP contribution in [0.25, 0.3) is 0 Å². The molecule has 6 nitrogen and oxygen atoms in total. The van der Waals surface area contributed by atoms with Crippen molar-refractivity contribution in [1.82, 2.24) is 14.9 Å². The molecular weight excluding hydrogens is 388 g/mol. The number of benzene rings is 1. The summed E-state index contributed by atoms with van der Waals surface area (Å²) in [6, 6.07) is 9.75. The Labute approximate surface area is 177 Å². The average molecular weight is 417 g/mol. The van der Waals surface area contributed by atoms with Crippen molar-refractivity contribution < 1.29 is 9.47 Å². The molecule has 0 radical (unpaired) electrons. The van der Waals surface area contributed by atoms with E-state index in [1.165, 1.54) is 0 Å². The molecule has 29 heavy (non-hydrogen) atoms. The van der Waals surface area contributed by atoms with Gasteiger partial charge in [0.05, 0.1) is 12.7 Å². The fourth-order valence-electron chi connectivity index (χ4n) is 3.78. The SMILES string of the molecule is Cc1cc(N2CCN(CC3COC(c4ccc(Cl)cc4)O3)CC2)nc(C(C)C)n1. The lowest BCUT2D eigenvalue weighted by Crippen LogP contribution is -2.49. The largest absolute Gasteiger partial charge is 0.354 e. The first-order valence-electron chi connectivity index (χ1n) is 10.3. The van der Waals surface area contributed by atoms with E-state index in [2.05, 4.69) is 34.7 Å². The van der Waals surface area contributed by atoms with Crippen LogP contribution in [0, 0.1) is 6.92 Å². The van der Waals surface area contributed by atoms with Crippen LogP contribution in [0.4, 0.5) is 5.82 Å². The summed E-state index contributed by atoms with van der Waals surface area (Å²) in [4.78, 5) is 14.2. The highest BCUT2D eigenvalue weighted by Gasteiger charge is 2.30. The molecule has 0 saturated carbocycles. The molecule has 2 aliphatic heterocycles. The number of anilines is 1. The Morgan fingerprint density at radius 2 is 1.83 bits per heavy atom. The van der Waals surface area contributed by atoms with E-state index < -0.39 is 0 Å². The minimum atomic E-state index is -0.294. The van der Waals surface area contributed by atoms with Gasteiger partial charge in [-0.1, -0.05) is 37.6 Å². The molecule has 4 rings (SSSR count). The molecule has 2 unspecified atom stereocenters. The lowest BCUT2D eigenvalue weighted by molar-refractivity contribution is -0.0644. The molecule has 2 aromatic rings. The smallest absolute Gasteiger partial charge is 0.184 e. The van der Waals surface area contributed by atoms with Gasteiger partial charge >= 0.3 is 0 Å². The highest BCUT2D eigenvalue weighted by molar-refractivity contribution is 6.30. The molecule has 1 aromatic carbocycles. The Balaban J connectivity index is 1.29. The Morgan fingerprint density at radius 3 is 2.52 bits per heavy atom. The number of nitrogens with zero attached hydrogens (tertiary/aromatic N) is 4. The van der Waals surface area contributed by atoms with E-state index in [4.69, 9.17) is 26.1 Å². The molecule has 2 aliphatic rings. The molecule has 0 spiro atoms. The summed E-state index contributed by atoms with van der Waals surface area (Å²) in [5, 5.41) is 0.723. The van der Waals surface area contributed by atoms with E-state index in [1.54, 1.807) is 0 Å². The van der Waals surface area contributed by atoms with E-state index in [-0.39, 0.29) is 12.4 Å². The number of aryl methyl sites for hydroxylation is 1. The summed E-state index contributed by atoms with van der Waals surface area (Å²) in [6.45, 7) is 11.7. The van der Waals surface area contributed by atoms with Gasteiger partial charge in [0.25, 0.3) is 0 Å². The molecule has 3 heterocycles. The zero-order chi connectivity index (χ0) is 20.4. The number of rotatable bonds is 5. The van der Waals surface area contributed by atoms with Gasteiger partial charge in [-0.25, -0.2) is 9.97 Å². The molecule has 0 amide bonds. The van der Waals surface area contributed by atoms with Crippen molar-refractivity contribution >= 4 is 17.4 Å². The quantitative estimate of drug-likeness (QED) is 0.739. The summed E-state index contributed by atoms with van der Waals surface area (Å²) < 4.78 is 12.0. The van der Waals surface area contributed by atoms with E-state index in [0.29, 0.717) is 12.5 Å². The molecule has 2 atom stereocenters. The Bertz CT molecular complexity index is 822. The summed E-state index contributed by atoms with van der Waals surface area (Å²) in [5.74, 6) is 2.30. The topological polar surface area (TPSA) is 50.7 Å². The van der Waals surface area contributed by atoms with Crippen molar-refractivity contribution in [2.45, 2.75) is 39.1 Å². The molecular formula is C22H29ClN4O2.